The molecule has 1 aromatic rings. The van der Waals surface area contributed by atoms with E-state index in [2.05, 4.69) is 10.5 Å². The molecule has 1 aliphatic heterocycles. The van der Waals surface area contributed by atoms with Crippen molar-refractivity contribution in [1.29, 1.82) is 0 Å². The van der Waals surface area contributed by atoms with Crippen molar-refractivity contribution in [3.63, 3.8) is 0 Å². The van der Waals surface area contributed by atoms with Crippen LogP contribution in [0.25, 0.3) is 0 Å². The molecule has 5 heteroatoms. The van der Waals surface area contributed by atoms with Gasteiger partial charge in [-0.1, -0.05) is 12.1 Å². The van der Waals surface area contributed by atoms with Crippen LogP contribution in [0.15, 0.2) is 29.4 Å². The Balaban J connectivity index is 2.11. The molecule has 17 heavy (non-hydrogen) atoms. The number of esters is 1. The molecule has 2 rings (SSSR count). The average molecular weight is 233 g/mol. The molecule has 0 bridgehead atoms. The van der Waals surface area contributed by atoms with Crippen LogP contribution in [0, 0.1) is 6.92 Å². The second kappa shape index (κ2) is 4.86. The van der Waals surface area contributed by atoms with Crippen LogP contribution in [0.2, 0.25) is 0 Å². The number of benzene rings is 1. The lowest BCUT2D eigenvalue weighted by atomic mass is 10.2. The van der Waals surface area contributed by atoms with Gasteiger partial charge in [0, 0.05) is 7.05 Å². The number of anilines is 1. The van der Waals surface area contributed by atoms with E-state index in [-0.39, 0.29) is 5.97 Å². The number of amidine groups is 1. The molecule has 0 radical (unpaired) electrons. The van der Waals surface area contributed by atoms with Crippen LogP contribution in [-0.4, -0.2) is 36.9 Å². The highest BCUT2D eigenvalue weighted by molar-refractivity contribution is 6.35. The second-order valence-corrected chi connectivity index (χ2v) is 3.97. The van der Waals surface area contributed by atoms with Crippen molar-refractivity contribution in [2.45, 2.75) is 6.92 Å². The summed E-state index contributed by atoms with van der Waals surface area (Å²) >= 11 is 0. The molecule has 1 fully saturated rings. The SMILES string of the molecule is Cc1cccc(N/N=C2\C(=O)OCCN2C)c1. The summed E-state index contributed by atoms with van der Waals surface area (Å²) in [6.45, 7) is 3.08. The first-order valence-corrected chi connectivity index (χ1v) is 5.45. The first kappa shape index (κ1) is 11.4. The van der Waals surface area contributed by atoms with E-state index in [0.29, 0.717) is 19.0 Å². The summed E-state index contributed by atoms with van der Waals surface area (Å²) in [5, 5.41) is 4.07. The van der Waals surface area contributed by atoms with E-state index >= 15 is 0 Å². The van der Waals surface area contributed by atoms with Crippen LogP contribution < -0.4 is 5.43 Å². The average Bonchev–Trinajstić information content (AvgIpc) is 2.28. The monoisotopic (exact) mass is 233 g/mol. The third-order valence-electron chi connectivity index (χ3n) is 2.51. The minimum Gasteiger partial charge on any atom is -0.458 e. The van der Waals surface area contributed by atoms with Gasteiger partial charge in [0.15, 0.2) is 0 Å². The Morgan fingerprint density at radius 3 is 3.00 bits per heavy atom. The number of hydrogen-bond acceptors (Lipinski definition) is 4. The largest absolute Gasteiger partial charge is 0.458 e. The maximum absolute atomic E-state index is 11.5. The third kappa shape index (κ3) is 2.75. The van der Waals surface area contributed by atoms with Gasteiger partial charge in [0.25, 0.3) is 0 Å². The van der Waals surface area contributed by atoms with Gasteiger partial charge in [0.2, 0.25) is 5.84 Å². The summed E-state index contributed by atoms with van der Waals surface area (Å²) in [6.07, 6.45) is 0. The topological polar surface area (TPSA) is 53.9 Å². The number of hydrogen-bond donors (Lipinski definition) is 1. The number of nitrogens with zero attached hydrogens (tertiary/aromatic N) is 2. The van der Waals surface area contributed by atoms with E-state index in [1.807, 2.05) is 38.2 Å². The quantitative estimate of drug-likeness (QED) is 0.616. The number of rotatable bonds is 2. The molecule has 1 aromatic carbocycles. The van der Waals surface area contributed by atoms with Crippen molar-refractivity contribution < 1.29 is 9.53 Å². The molecule has 5 nitrogen and oxygen atoms in total. The number of nitrogens with one attached hydrogen (secondary N) is 1. The van der Waals surface area contributed by atoms with E-state index in [1.165, 1.54) is 0 Å². The number of aryl methyl sites for hydroxylation is 1. The van der Waals surface area contributed by atoms with Gasteiger partial charge in [-0.2, -0.15) is 0 Å². The Labute approximate surface area is 100 Å². The van der Waals surface area contributed by atoms with Gasteiger partial charge in [-0.25, -0.2) is 4.79 Å². The highest BCUT2D eigenvalue weighted by Crippen LogP contribution is 2.10. The number of hydrazone groups is 1. The normalized spacial score (nSPS) is 18.1. The molecule has 0 aromatic heterocycles. The number of morpholine rings is 1. The molecular weight excluding hydrogens is 218 g/mol. The van der Waals surface area contributed by atoms with Crippen LogP contribution in [0.5, 0.6) is 0 Å². The summed E-state index contributed by atoms with van der Waals surface area (Å²) in [5.74, 6) is -0.0864. The summed E-state index contributed by atoms with van der Waals surface area (Å²) in [5.41, 5.74) is 4.85. The van der Waals surface area contributed by atoms with Gasteiger partial charge in [-0.3, -0.25) is 5.43 Å². The summed E-state index contributed by atoms with van der Waals surface area (Å²) in [4.78, 5) is 13.2. The summed E-state index contributed by atoms with van der Waals surface area (Å²) in [7, 11) is 1.82. The van der Waals surface area contributed by atoms with Crippen molar-refractivity contribution in [2.24, 2.45) is 5.10 Å². The zero-order valence-electron chi connectivity index (χ0n) is 9.93. The van der Waals surface area contributed by atoms with E-state index in [1.54, 1.807) is 4.90 Å². The molecule has 90 valence electrons. The number of ether oxygens (including phenoxy) is 1. The Morgan fingerprint density at radius 1 is 1.47 bits per heavy atom. The van der Waals surface area contributed by atoms with Gasteiger partial charge in [-0.05, 0) is 24.6 Å². The molecule has 0 aliphatic carbocycles. The van der Waals surface area contributed by atoms with Crippen LogP contribution in [-0.2, 0) is 9.53 Å². The Kier molecular flexibility index (Phi) is 3.27. The Hall–Kier alpha value is -2.04. The molecule has 0 spiro atoms. The fourth-order valence-electron chi connectivity index (χ4n) is 1.56. The molecule has 1 saturated heterocycles. The van der Waals surface area contributed by atoms with Gasteiger partial charge < -0.3 is 9.64 Å². The summed E-state index contributed by atoms with van der Waals surface area (Å²) in [6, 6.07) is 7.78. The van der Waals surface area contributed by atoms with Crippen molar-refractivity contribution in [2.75, 3.05) is 25.6 Å². The first-order chi connectivity index (χ1) is 8.16. The van der Waals surface area contributed by atoms with Crippen LogP contribution in [0.4, 0.5) is 5.69 Å². The predicted octanol–water partition coefficient (Wildman–Crippen LogP) is 1.21. The highest BCUT2D eigenvalue weighted by atomic mass is 16.5. The van der Waals surface area contributed by atoms with Crippen LogP contribution >= 0.6 is 0 Å². The van der Waals surface area contributed by atoms with Crippen molar-refractivity contribution >= 4 is 17.5 Å². The molecule has 0 unspecified atom stereocenters. The van der Waals surface area contributed by atoms with Gasteiger partial charge in [-0.15, -0.1) is 5.10 Å². The van der Waals surface area contributed by atoms with Crippen LogP contribution in [0.3, 0.4) is 0 Å². The second-order valence-electron chi connectivity index (χ2n) is 3.97. The minimum atomic E-state index is -0.390. The molecular formula is C12H15N3O2. The van der Waals surface area contributed by atoms with Gasteiger partial charge >= 0.3 is 5.97 Å². The molecule has 0 saturated carbocycles. The maximum atomic E-state index is 11.5. The zero-order chi connectivity index (χ0) is 12.3. The number of carbonyl (C=O) groups is 1. The Morgan fingerprint density at radius 2 is 2.29 bits per heavy atom. The lowest BCUT2D eigenvalue weighted by Crippen LogP contribution is -2.43. The molecule has 0 atom stereocenters. The van der Waals surface area contributed by atoms with E-state index in [9.17, 15) is 4.79 Å². The van der Waals surface area contributed by atoms with Crippen molar-refractivity contribution in [1.82, 2.24) is 4.90 Å². The molecule has 1 N–H and O–H groups in total. The molecule has 1 heterocycles. The van der Waals surface area contributed by atoms with Crippen molar-refractivity contribution in [3.05, 3.63) is 29.8 Å². The Bertz CT molecular complexity index is 457. The highest BCUT2D eigenvalue weighted by Gasteiger charge is 2.23. The fourth-order valence-corrected chi connectivity index (χ4v) is 1.56. The lowest BCUT2D eigenvalue weighted by molar-refractivity contribution is -0.138. The number of carbonyl (C=O) groups excluding carboxylic acids is 1. The van der Waals surface area contributed by atoms with E-state index in [4.69, 9.17) is 4.74 Å². The fraction of sp³-hybridized carbons (Fsp3) is 0.333. The minimum absolute atomic E-state index is 0.303. The van der Waals surface area contributed by atoms with E-state index < -0.39 is 0 Å². The number of likely N-dealkylation sites (N-methyl/N-ethyl adjacent to an activating group) is 1. The maximum Gasteiger partial charge on any atom is 0.376 e. The standard InChI is InChI=1S/C12H15N3O2/c1-9-4-3-5-10(8-9)13-14-11-12(16)17-7-6-15(11)2/h3-5,8,13H,6-7H2,1-2H3/b14-11+. The third-order valence-corrected chi connectivity index (χ3v) is 2.51. The lowest BCUT2D eigenvalue weighted by Gasteiger charge is -2.24. The predicted molar refractivity (Wildman–Crippen MR) is 65.8 cm³/mol. The zero-order valence-corrected chi connectivity index (χ0v) is 9.93. The van der Waals surface area contributed by atoms with Crippen molar-refractivity contribution in [3.8, 4) is 0 Å². The number of cyclic esters (lactones) is 1. The van der Waals surface area contributed by atoms with Crippen LogP contribution in [0.1, 0.15) is 5.56 Å². The van der Waals surface area contributed by atoms with Gasteiger partial charge in [0.1, 0.15) is 6.61 Å². The summed E-state index contributed by atoms with van der Waals surface area (Å²) < 4.78 is 4.92. The molecule has 0 amide bonds. The van der Waals surface area contributed by atoms with Gasteiger partial charge in [0.05, 0.1) is 12.2 Å². The van der Waals surface area contributed by atoms with E-state index in [0.717, 1.165) is 11.3 Å². The smallest absolute Gasteiger partial charge is 0.376 e. The first-order valence-electron chi connectivity index (χ1n) is 5.45. The molecule has 1 aliphatic rings.